The molecule has 15 heavy (non-hydrogen) atoms. The Labute approximate surface area is 85.8 Å². The average Bonchev–Trinajstić information content (AvgIpc) is 2.68. The van der Waals surface area contributed by atoms with E-state index in [9.17, 15) is 10.2 Å². The van der Waals surface area contributed by atoms with Gasteiger partial charge in [0.1, 0.15) is 24.4 Å². The van der Waals surface area contributed by atoms with Gasteiger partial charge in [-0.05, 0) is 0 Å². The molecular formula is C8H14O7. The van der Waals surface area contributed by atoms with Crippen LogP contribution in [0.25, 0.3) is 0 Å². The van der Waals surface area contributed by atoms with Gasteiger partial charge in [0.2, 0.25) is 0 Å². The molecule has 0 aromatic heterocycles. The Hall–Kier alpha value is -0.280. The van der Waals surface area contributed by atoms with Gasteiger partial charge in [-0.15, -0.1) is 0 Å². The standard InChI is InChI=1S/C8H14O7/c9-3-1-13-7(5(3)11)15-8-6(12)4(10)2-14-8/h3-12H,1-2H2/t3-,4-,5-,6-,7?,8?/m1/s1. The first-order valence-corrected chi connectivity index (χ1v) is 4.70. The van der Waals surface area contributed by atoms with Crippen LogP contribution in [0.1, 0.15) is 0 Å². The lowest BCUT2D eigenvalue weighted by Crippen LogP contribution is -2.39. The first kappa shape index (κ1) is 11.2. The number of ether oxygens (including phenoxy) is 3. The fourth-order valence-corrected chi connectivity index (χ4v) is 1.52. The molecule has 0 saturated carbocycles. The van der Waals surface area contributed by atoms with Crippen LogP contribution in [-0.4, -0.2) is 70.6 Å². The maximum atomic E-state index is 9.37. The van der Waals surface area contributed by atoms with E-state index in [0.29, 0.717) is 0 Å². The van der Waals surface area contributed by atoms with Crippen molar-refractivity contribution in [2.45, 2.75) is 37.0 Å². The maximum absolute atomic E-state index is 9.37. The molecule has 2 aliphatic heterocycles. The molecule has 2 fully saturated rings. The van der Waals surface area contributed by atoms with Crippen molar-refractivity contribution in [2.24, 2.45) is 0 Å². The number of aliphatic hydroxyl groups excluding tert-OH is 4. The van der Waals surface area contributed by atoms with Crippen LogP contribution in [-0.2, 0) is 14.2 Å². The lowest BCUT2D eigenvalue weighted by atomic mass is 10.2. The van der Waals surface area contributed by atoms with Crippen LogP contribution < -0.4 is 0 Å². The second-order valence-corrected chi connectivity index (χ2v) is 3.66. The minimum Gasteiger partial charge on any atom is -0.388 e. The predicted molar refractivity (Wildman–Crippen MR) is 44.6 cm³/mol. The number of hydrogen-bond donors (Lipinski definition) is 4. The summed E-state index contributed by atoms with van der Waals surface area (Å²) in [6.45, 7) is -0.0611. The zero-order valence-electron chi connectivity index (χ0n) is 7.89. The fraction of sp³-hybridized carbons (Fsp3) is 1.00. The van der Waals surface area contributed by atoms with Gasteiger partial charge in [-0.1, -0.05) is 0 Å². The van der Waals surface area contributed by atoms with E-state index in [-0.39, 0.29) is 13.2 Å². The van der Waals surface area contributed by atoms with Crippen LogP contribution in [0, 0.1) is 0 Å². The third-order valence-corrected chi connectivity index (χ3v) is 2.48. The molecule has 0 aromatic rings. The molecule has 6 atom stereocenters. The van der Waals surface area contributed by atoms with Crippen molar-refractivity contribution < 1.29 is 34.6 Å². The van der Waals surface area contributed by atoms with Crippen LogP contribution >= 0.6 is 0 Å². The van der Waals surface area contributed by atoms with E-state index in [0.717, 1.165) is 0 Å². The lowest BCUT2D eigenvalue weighted by molar-refractivity contribution is -0.256. The molecular weight excluding hydrogens is 208 g/mol. The summed E-state index contributed by atoms with van der Waals surface area (Å²) in [7, 11) is 0. The lowest BCUT2D eigenvalue weighted by Gasteiger charge is -2.21. The van der Waals surface area contributed by atoms with Gasteiger partial charge in [0, 0.05) is 0 Å². The van der Waals surface area contributed by atoms with E-state index in [1.165, 1.54) is 0 Å². The zero-order chi connectivity index (χ0) is 11.0. The number of rotatable bonds is 2. The third kappa shape index (κ3) is 2.13. The molecule has 0 aromatic carbocycles. The van der Waals surface area contributed by atoms with Crippen molar-refractivity contribution in [1.82, 2.24) is 0 Å². The van der Waals surface area contributed by atoms with E-state index >= 15 is 0 Å². The summed E-state index contributed by atoms with van der Waals surface area (Å²) in [6, 6.07) is 0. The van der Waals surface area contributed by atoms with E-state index in [1.807, 2.05) is 0 Å². The van der Waals surface area contributed by atoms with Gasteiger partial charge in [0.15, 0.2) is 12.6 Å². The van der Waals surface area contributed by atoms with Crippen LogP contribution in [0.15, 0.2) is 0 Å². The molecule has 2 rings (SSSR count). The van der Waals surface area contributed by atoms with Gasteiger partial charge < -0.3 is 34.6 Å². The molecule has 2 heterocycles. The zero-order valence-corrected chi connectivity index (χ0v) is 7.89. The summed E-state index contributed by atoms with van der Waals surface area (Å²) in [4.78, 5) is 0. The van der Waals surface area contributed by atoms with Crippen LogP contribution in [0.3, 0.4) is 0 Å². The first-order valence-electron chi connectivity index (χ1n) is 4.70. The molecule has 0 aliphatic carbocycles. The third-order valence-electron chi connectivity index (χ3n) is 2.48. The first-order chi connectivity index (χ1) is 7.09. The van der Waals surface area contributed by atoms with E-state index in [4.69, 9.17) is 24.4 Å². The Bertz CT molecular complexity index is 201. The normalized spacial score (nSPS) is 51.2. The molecule has 2 aliphatic rings. The Morgan fingerprint density at radius 2 is 1.20 bits per heavy atom. The minimum absolute atomic E-state index is 0.0306. The maximum Gasteiger partial charge on any atom is 0.189 e. The molecule has 7 heteroatoms. The van der Waals surface area contributed by atoms with E-state index in [2.05, 4.69) is 0 Å². The van der Waals surface area contributed by atoms with Gasteiger partial charge in [-0.25, -0.2) is 0 Å². The molecule has 0 bridgehead atoms. The van der Waals surface area contributed by atoms with Crippen molar-refractivity contribution in [2.75, 3.05) is 13.2 Å². The van der Waals surface area contributed by atoms with Gasteiger partial charge in [-0.3, -0.25) is 0 Å². The highest BCUT2D eigenvalue weighted by Gasteiger charge is 2.42. The number of hydrogen-bond acceptors (Lipinski definition) is 7. The molecule has 2 saturated heterocycles. The summed E-state index contributed by atoms with van der Waals surface area (Å²) in [5, 5.41) is 37.0. The summed E-state index contributed by atoms with van der Waals surface area (Å²) in [5.41, 5.74) is 0. The highest BCUT2D eigenvalue weighted by atomic mass is 16.8. The van der Waals surface area contributed by atoms with Gasteiger partial charge in [-0.2, -0.15) is 0 Å². The Morgan fingerprint density at radius 1 is 0.800 bits per heavy atom. The van der Waals surface area contributed by atoms with Crippen molar-refractivity contribution in [3.8, 4) is 0 Å². The van der Waals surface area contributed by atoms with Crippen LogP contribution in [0.2, 0.25) is 0 Å². The largest absolute Gasteiger partial charge is 0.388 e. The predicted octanol–water partition coefficient (Wildman–Crippen LogP) is -2.84. The van der Waals surface area contributed by atoms with Gasteiger partial charge in [0.25, 0.3) is 0 Å². The smallest absolute Gasteiger partial charge is 0.189 e. The summed E-state index contributed by atoms with van der Waals surface area (Å²) >= 11 is 0. The van der Waals surface area contributed by atoms with Crippen molar-refractivity contribution in [3.05, 3.63) is 0 Å². The van der Waals surface area contributed by atoms with Crippen molar-refractivity contribution >= 4 is 0 Å². The highest BCUT2D eigenvalue weighted by Crippen LogP contribution is 2.22. The Balaban J connectivity index is 1.87. The molecule has 4 N–H and O–H groups in total. The molecule has 7 nitrogen and oxygen atoms in total. The SMILES string of the molecule is O[C@@H]1COC(OC2OC[C@@H](O)[C@H]2O)[C@@H]1O. The Kier molecular flexibility index (Phi) is 3.21. The molecule has 0 amide bonds. The average molecular weight is 222 g/mol. The highest BCUT2D eigenvalue weighted by molar-refractivity contribution is 4.82. The fourth-order valence-electron chi connectivity index (χ4n) is 1.52. The molecule has 88 valence electrons. The quantitative estimate of drug-likeness (QED) is 0.398. The second kappa shape index (κ2) is 4.30. The van der Waals surface area contributed by atoms with Gasteiger partial charge >= 0.3 is 0 Å². The summed E-state index contributed by atoms with van der Waals surface area (Å²) in [5.74, 6) is 0. The van der Waals surface area contributed by atoms with Crippen LogP contribution in [0.5, 0.6) is 0 Å². The molecule has 2 unspecified atom stereocenters. The molecule has 0 radical (unpaired) electrons. The topological polar surface area (TPSA) is 109 Å². The van der Waals surface area contributed by atoms with Gasteiger partial charge in [0.05, 0.1) is 13.2 Å². The summed E-state index contributed by atoms with van der Waals surface area (Å²) < 4.78 is 14.9. The second-order valence-electron chi connectivity index (χ2n) is 3.66. The molecule has 0 spiro atoms. The van der Waals surface area contributed by atoms with Crippen molar-refractivity contribution in [3.63, 3.8) is 0 Å². The van der Waals surface area contributed by atoms with Crippen LogP contribution in [0.4, 0.5) is 0 Å². The Morgan fingerprint density at radius 3 is 1.47 bits per heavy atom. The van der Waals surface area contributed by atoms with E-state index < -0.39 is 37.0 Å². The summed E-state index contributed by atoms with van der Waals surface area (Å²) in [6.07, 6.45) is -6.41. The van der Waals surface area contributed by atoms with Crippen molar-refractivity contribution in [1.29, 1.82) is 0 Å². The number of aliphatic hydroxyl groups is 4. The monoisotopic (exact) mass is 222 g/mol. The minimum atomic E-state index is -1.17. The van der Waals surface area contributed by atoms with E-state index in [1.54, 1.807) is 0 Å².